The van der Waals surface area contributed by atoms with E-state index in [1.54, 1.807) is 129 Å². The molecule has 144 heavy (non-hydrogen) atoms. The molecule has 860 valence electrons. The third kappa shape index (κ3) is 471. The summed E-state index contributed by atoms with van der Waals surface area (Å²) in [4.78, 5) is 25.6. The summed E-state index contributed by atoms with van der Waals surface area (Å²) in [5, 5.41) is 33.0. The van der Waals surface area contributed by atoms with Gasteiger partial charge in [-0.3, -0.25) is 24.0 Å². The van der Waals surface area contributed by atoms with Gasteiger partial charge < -0.3 is 13.9 Å². The fraction of sp³-hybridized carbons (Fsp3) is 0.692. The van der Waals surface area contributed by atoms with Crippen LogP contribution in [0.5, 0.6) is 0 Å². The number of rotatable bonds is 0. The van der Waals surface area contributed by atoms with Crippen molar-refractivity contribution >= 4 is 45.7 Å². The van der Waals surface area contributed by atoms with Gasteiger partial charge >= 0.3 is 0 Å². The van der Waals surface area contributed by atoms with Crippen molar-refractivity contribution in [3.63, 3.8) is 0 Å². The number of imidazole rings is 1. The third-order valence-corrected chi connectivity index (χ3v) is 8.52. The molecule has 1 aliphatic rings. The van der Waals surface area contributed by atoms with E-state index in [0.29, 0.717) is 10.8 Å². The topological polar surface area (TPSA) is 247 Å². The Morgan fingerprint density at radius 1 is 0.319 bits per heavy atom. The Labute approximate surface area is 918 Å². The van der Waals surface area contributed by atoms with Gasteiger partial charge in [0.05, 0.1) is 36.6 Å². The Kier molecular flexibility index (Phi) is 264. The van der Waals surface area contributed by atoms with Crippen LogP contribution in [0.3, 0.4) is 0 Å². The molecule has 0 fully saturated rings. The Morgan fingerprint density at radius 3 is 0.806 bits per heavy atom. The minimum Gasteiger partial charge on any atom is -0.452 e. The molecule has 0 saturated heterocycles. The molecule has 0 unspecified atom stereocenters. The minimum atomic E-state index is 0.500. The summed E-state index contributed by atoms with van der Waals surface area (Å²) in [7, 11) is 11.2. The maximum atomic E-state index is 4.47. The van der Waals surface area contributed by atoms with Gasteiger partial charge in [-0.05, 0) is 136 Å². The summed E-state index contributed by atoms with van der Waals surface area (Å²) < 4.78 is 18.9. The number of likely N-dealkylation sites (N-methyl/N-ethyl adjacent to an activating group) is 1. The first-order valence-corrected chi connectivity index (χ1v) is 56.8. The SMILES string of the molecule is C=C1C=CC=CN1C.CC.CC.CC.CC.CC.CC.CC.CC.CC.CC.CC.CC.CC(C)(C)C.CC(C)(C)C.CC(C)C.CC(C)C.CC(C)C.CC(C)C.CC(C)C.CC(C)C.CC(C)C.CC(C)C.CC(C)C.CC(C)C.Cc1cnsc1.Cn1cccn1.Cn1ccnc1.Cn1ccnn1.Cn1cncn1.Cn1nccn1.c1ccncc1.c1cocn1.c1cscn1.c1ncsn1.c1nncs1. The van der Waals surface area contributed by atoms with Crippen LogP contribution in [0.4, 0.5) is 0 Å². The molecular formula is C117H252N22OS4. The minimum absolute atomic E-state index is 0.500. The lowest BCUT2D eigenvalue weighted by Gasteiger charge is -2.15. The molecule has 12 heterocycles. The number of allylic oxidation sites excluding steroid dienone is 3. The lowest BCUT2D eigenvalue weighted by molar-refractivity contribution is 0.469. The van der Waals surface area contributed by atoms with Gasteiger partial charge in [-0.2, -0.15) is 29.6 Å². The van der Waals surface area contributed by atoms with Crippen LogP contribution in [0.15, 0.2) is 217 Å². The van der Waals surface area contributed by atoms with E-state index in [9.17, 15) is 0 Å². The molecule has 11 aromatic heterocycles. The van der Waals surface area contributed by atoms with Crippen molar-refractivity contribution in [2.75, 3.05) is 7.05 Å². The highest BCUT2D eigenvalue weighted by molar-refractivity contribution is 7.07. The molecule has 11 aromatic rings. The molecule has 0 amide bonds. The molecule has 12 rings (SSSR count). The van der Waals surface area contributed by atoms with Crippen LogP contribution in [0.1, 0.15) is 435 Å². The molecule has 1 aliphatic heterocycles. The average molecular weight is 2110 g/mol. The third-order valence-electron chi connectivity index (χ3n) is 6.43. The molecular weight excluding hydrogens is 1860 g/mol. The summed E-state index contributed by atoms with van der Waals surface area (Å²) in [5.74, 6) is 8.33. The van der Waals surface area contributed by atoms with Crippen molar-refractivity contribution in [3.8, 4) is 0 Å². The van der Waals surface area contributed by atoms with E-state index in [1.165, 1.54) is 70.1 Å². The highest BCUT2D eigenvalue weighted by Crippen LogP contribution is 2.09. The van der Waals surface area contributed by atoms with E-state index in [1.807, 2.05) is 296 Å². The van der Waals surface area contributed by atoms with Crippen molar-refractivity contribution in [2.45, 2.75) is 436 Å². The van der Waals surface area contributed by atoms with Gasteiger partial charge in [-0.1, -0.05) is 453 Å². The highest BCUT2D eigenvalue weighted by atomic mass is 32.1. The standard InChI is InChI=1S/C7H9N.C5H5N.2C5H12.2C4H6N2.C4H5NS.10C4H10.3C3H5N3.C3H3NO.C3H3NS.2C2H2N2S.12C2H6/c1-7-5-3-4-6-8(7)2;1-2-4-6-5-3-1;2*1-5(2,3)4;1-6-3-2-5-4-6;1-6-4-2-3-5-6;1-4-2-5-6-3-4;10*1-4(2)3;1-6-3-4-2-5-6;1-6-3-2-4-5-6;1-6-4-2-3-5-6;2*1-2-5-3-4-1;1-3-4-2-5-1;1-3-2-5-4-1;12*1-2/h3-6H,1H2,2H3;1-5H;2*1-4H3;2*2-4H,1H3;2-3H,1H3;10*4H,1-3H3;3*2-3H,1H3;2*1-3H;2*1-2H;12*1-2H3. The van der Waals surface area contributed by atoms with E-state index < -0.39 is 0 Å². The predicted octanol–water partition coefficient (Wildman–Crippen LogP) is 40.3. The van der Waals surface area contributed by atoms with Gasteiger partial charge in [0, 0.05) is 121 Å². The van der Waals surface area contributed by atoms with Crippen molar-refractivity contribution in [1.29, 1.82) is 0 Å². The van der Waals surface area contributed by atoms with Crippen molar-refractivity contribution in [3.05, 3.63) is 218 Å². The van der Waals surface area contributed by atoms with Crippen LogP contribution in [0.25, 0.3) is 0 Å². The second-order valence-electron chi connectivity index (χ2n) is 35.4. The lowest BCUT2D eigenvalue weighted by Crippen LogP contribution is -2.08. The Morgan fingerprint density at radius 2 is 0.708 bits per heavy atom. The molecule has 0 aromatic carbocycles. The number of thiazole rings is 1. The van der Waals surface area contributed by atoms with Gasteiger partial charge in [0.2, 0.25) is 0 Å². The monoisotopic (exact) mass is 2110 g/mol. The van der Waals surface area contributed by atoms with Crippen LogP contribution < -0.4 is 0 Å². The Hall–Kier alpha value is -8.40. The number of hydrogen-bond acceptors (Lipinski definition) is 22. The number of pyridine rings is 1. The fourth-order valence-electron chi connectivity index (χ4n) is 3.24. The van der Waals surface area contributed by atoms with Crippen molar-refractivity contribution in [1.82, 2.24) is 108 Å². The second-order valence-corrected chi connectivity index (χ2v) is 38.2. The van der Waals surface area contributed by atoms with E-state index in [2.05, 4.69) is 354 Å². The largest absolute Gasteiger partial charge is 0.452 e. The van der Waals surface area contributed by atoms with E-state index >= 15 is 0 Å². The van der Waals surface area contributed by atoms with E-state index in [4.69, 9.17) is 0 Å². The van der Waals surface area contributed by atoms with Crippen LogP contribution in [-0.2, 0) is 35.2 Å². The number of aryl methyl sites for hydroxylation is 6. The lowest BCUT2D eigenvalue weighted by atomic mass is 10.0. The molecule has 0 saturated carbocycles. The fourth-order valence-corrected chi connectivity index (χ4v) is 4.65. The molecule has 0 spiro atoms. The van der Waals surface area contributed by atoms with E-state index in [0.717, 1.165) is 64.9 Å². The molecule has 23 nitrogen and oxygen atoms in total. The van der Waals surface area contributed by atoms with Crippen LogP contribution in [0, 0.1) is 76.9 Å². The molecule has 0 radical (unpaired) electrons. The van der Waals surface area contributed by atoms with Gasteiger partial charge in [0.15, 0.2) is 6.39 Å². The maximum absolute atomic E-state index is 4.47. The zero-order chi connectivity index (χ0) is 120. The quantitative estimate of drug-likeness (QED) is 0.137. The van der Waals surface area contributed by atoms with Gasteiger partial charge in [-0.15, -0.1) is 38.0 Å². The normalized spacial score (nSPS) is 8.47. The Balaban J connectivity index is -0.0000000471. The number of oxazole rings is 1. The smallest absolute Gasteiger partial charge is 0.180 e. The second kappa shape index (κ2) is 193. The highest BCUT2D eigenvalue weighted by Gasteiger charge is 1.97. The molecule has 27 heteroatoms. The summed E-state index contributed by atoms with van der Waals surface area (Å²) in [6.45, 7) is 136. The first-order chi connectivity index (χ1) is 67.5. The Bertz CT molecular complexity index is 2730. The van der Waals surface area contributed by atoms with Gasteiger partial charge in [-0.25, -0.2) is 24.3 Å². The van der Waals surface area contributed by atoms with E-state index in [-0.39, 0.29) is 0 Å². The molecule has 0 N–H and O–H groups in total. The summed E-state index contributed by atoms with van der Waals surface area (Å²) in [6.07, 6.45) is 39.9. The maximum Gasteiger partial charge on any atom is 0.180 e. The van der Waals surface area contributed by atoms with Gasteiger partial charge in [0.1, 0.15) is 41.8 Å². The summed E-state index contributed by atoms with van der Waals surface area (Å²) >= 11 is 5.93. The first kappa shape index (κ1) is 197. The van der Waals surface area contributed by atoms with Crippen LogP contribution in [-0.4, -0.2) is 115 Å². The number of nitrogens with zero attached hydrogens (tertiary/aromatic N) is 22. The zero-order valence-corrected chi connectivity index (χ0v) is 112. The summed E-state index contributed by atoms with van der Waals surface area (Å²) in [6, 6.07) is 7.60. The number of hydrogen-bond donors (Lipinski definition) is 0. The first-order valence-electron chi connectivity index (χ1n) is 53.2. The van der Waals surface area contributed by atoms with Crippen molar-refractivity contribution in [2.24, 2.45) is 105 Å². The van der Waals surface area contributed by atoms with Crippen LogP contribution in [0.2, 0.25) is 0 Å². The van der Waals surface area contributed by atoms with Gasteiger partial charge in [0.25, 0.3) is 0 Å². The van der Waals surface area contributed by atoms with Crippen LogP contribution >= 0.6 is 45.7 Å². The van der Waals surface area contributed by atoms with Crippen molar-refractivity contribution < 1.29 is 4.42 Å². The predicted molar refractivity (Wildman–Crippen MR) is 666 cm³/mol. The summed E-state index contributed by atoms with van der Waals surface area (Å²) in [5.41, 5.74) is 10.1. The molecule has 0 aliphatic carbocycles. The zero-order valence-electron chi connectivity index (χ0n) is 108. The number of aromatic nitrogens is 21. The average Bonchev–Trinajstić information content (AvgIpc) is 1.59. The molecule has 0 bridgehead atoms. The molecule has 0 atom stereocenters.